The van der Waals surface area contributed by atoms with Crippen molar-refractivity contribution in [2.45, 2.75) is 0 Å². The van der Waals surface area contributed by atoms with Gasteiger partial charge in [0.15, 0.2) is 5.96 Å². The summed E-state index contributed by atoms with van der Waals surface area (Å²) in [6.07, 6.45) is -3.62. The topological polar surface area (TPSA) is 172 Å². The molecule has 0 fully saturated rings. The second-order valence-electron chi connectivity index (χ2n) is 1.19. The van der Waals surface area contributed by atoms with Crippen LogP contribution in [0.1, 0.15) is 0 Å². The summed E-state index contributed by atoms with van der Waals surface area (Å²) in [5, 5.41) is 21.2. The molecule has 0 saturated carbocycles. The summed E-state index contributed by atoms with van der Waals surface area (Å²) in [7, 11) is 0. The first-order chi connectivity index (χ1) is 5.40. The Morgan fingerprint density at radius 2 is 1.58 bits per heavy atom. The Morgan fingerprint density at radius 1 is 1.33 bits per heavy atom. The summed E-state index contributed by atoms with van der Waals surface area (Å²) in [5.41, 5.74) is 6.53. The van der Waals surface area contributed by atoms with E-state index in [1.807, 2.05) is 5.43 Å². The summed E-state index contributed by atoms with van der Waals surface area (Å²) in [6.45, 7) is 0. The highest BCUT2D eigenvalue weighted by Crippen LogP contribution is 1.73. The lowest BCUT2D eigenvalue weighted by Crippen LogP contribution is -2.35. The minimum atomic E-state index is -1.81. The van der Waals surface area contributed by atoms with Crippen molar-refractivity contribution >= 4 is 18.3 Å². The van der Waals surface area contributed by atoms with Crippen LogP contribution < -0.4 is 17.0 Å². The zero-order chi connectivity index (χ0) is 10.1. The maximum absolute atomic E-state index is 9.21. The van der Waals surface area contributed by atoms with Crippen LogP contribution in [-0.2, 0) is 4.74 Å². The lowest BCUT2D eigenvalue weighted by atomic mass is 11.1. The molecule has 0 aromatic carbocycles. The van der Waals surface area contributed by atoms with E-state index in [-0.39, 0.29) is 5.96 Å². The largest absolute Gasteiger partial charge is 0.516 e. The molecular weight excluding hydrogens is 172 g/mol. The van der Waals surface area contributed by atoms with E-state index < -0.39 is 12.3 Å². The second kappa shape index (κ2) is 7.08. The van der Waals surface area contributed by atoms with Crippen molar-refractivity contribution in [2.24, 2.45) is 11.6 Å². The fourth-order valence-corrected chi connectivity index (χ4v) is 0.0747. The number of hydrazine groups is 1. The molecule has 9 nitrogen and oxygen atoms in total. The van der Waals surface area contributed by atoms with Crippen molar-refractivity contribution < 1.29 is 24.5 Å². The molecule has 0 aromatic heterocycles. The van der Waals surface area contributed by atoms with E-state index in [4.69, 9.17) is 15.6 Å². The normalized spacial score (nSPS) is 7.08. The van der Waals surface area contributed by atoms with Crippen LogP contribution >= 0.6 is 0 Å². The van der Waals surface area contributed by atoms with Gasteiger partial charge in [-0.2, -0.15) is 0 Å². The first-order valence-corrected chi connectivity index (χ1v) is 2.34. The molecule has 0 aliphatic carbocycles. The number of nitrogens with two attached hydrogens (primary N) is 2. The van der Waals surface area contributed by atoms with Crippen LogP contribution in [0, 0.1) is 5.41 Å². The highest BCUT2D eigenvalue weighted by molar-refractivity contribution is 5.74. The minimum Gasteiger partial charge on any atom is -0.449 e. The van der Waals surface area contributed by atoms with Crippen LogP contribution in [0.5, 0.6) is 0 Å². The van der Waals surface area contributed by atoms with Crippen molar-refractivity contribution in [1.82, 2.24) is 5.43 Å². The number of carboxylic acid groups (broad SMARTS) is 2. The number of rotatable bonds is 0. The predicted molar refractivity (Wildman–Crippen MR) is 36.4 cm³/mol. The Balaban J connectivity index is 0. The minimum absolute atomic E-state index is 0.218. The Hall–Kier alpha value is -2.03. The average Bonchev–Trinajstić information content (AvgIpc) is 1.85. The number of guanidine groups is 1. The molecule has 70 valence electrons. The molecule has 0 radical (unpaired) electrons. The third kappa shape index (κ3) is 24.6. The summed E-state index contributed by atoms with van der Waals surface area (Å²) in [5.74, 6) is 4.35. The third-order valence-electron chi connectivity index (χ3n) is 0.330. The number of nitrogens with one attached hydrogen (secondary N) is 2. The van der Waals surface area contributed by atoms with Gasteiger partial charge >= 0.3 is 12.3 Å². The highest BCUT2D eigenvalue weighted by atomic mass is 16.7. The van der Waals surface area contributed by atoms with Gasteiger partial charge in [-0.1, -0.05) is 0 Å². The molecule has 0 saturated heterocycles. The van der Waals surface area contributed by atoms with E-state index in [0.29, 0.717) is 0 Å². The summed E-state index contributed by atoms with van der Waals surface area (Å²) in [4.78, 5) is 18.4. The molecular formula is C3H8N4O5. The van der Waals surface area contributed by atoms with Gasteiger partial charge in [0.1, 0.15) is 0 Å². The SMILES string of the molecule is N=C(N)NN.O=C(O)OC(=O)O. The maximum Gasteiger partial charge on any atom is 0.516 e. The van der Waals surface area contributed by atoms with Crippen LogP contribution in [0.4, 0.5) is 9.59 Å². The summed E-state index contributed by atoms with van der Waals surface area (Å²) < 4.78 is 3.08. The van der Waals surface area contributed by atoms with Crippen LogP contribution in [0.15, 0.2) is 0 Å². The van der Waals surface area contributed by atoms with E-state index in [9.17, 15) is 9.59 Å². The molecule has 0 rings (SSSR count). The average molecular weight is 180 g/mol. The molecule has 0 heterocycles. The van der Waals surface area contributed by atoms with Gasteiger partial charge < -0.3 is 20.7 Å². The van der Waals surface area contributed by atoms with Crippen molar-refractivity contribution in [3.63, 3.8) is 0 Å². The second-order valence-corrected chi connectivity index (χ2v) is 1.19. The van der Waals surface area contributed by atoms with Gasteiger partial charge in [0.05, 0.1) is 0 Å². The third-order valence-corrected chi connectivity index (χ3v) is 0.330. The van der Waals surface area contributed by atoms with E-state index in [2.05, 4.69) is 16.3 Å². The van der Waals surface area contributed by atoms with Gasteiger partial charge in [-0.3, -0.25) is 10.8 Å². The van der Waals surface area contributed by atoms with E-state index in [1.54, 1.807) is 0 Å². The Bertz CT molecular complexity index is 168. The summed E-state index contributed by atoms with van der Waals surface area (Å²) in [6, 6.07) is 0. The van der Waals surface area contributed by atoms with E-state index in [0.717, 1.165) is 0 Å². The van der Waals surface area contributed by atoms with Crippen molar-refractivity contribution in [3.8, 4) is 0 Å². The molecule has 0 aromatic rings. The van der Waals surface area contributed by atoms with Crippen LogP contribution in [0.3, 0.4) is 0 Å². The van der Waals surface area contributed by atoms with Crippen molar-refractivity contribution in [3.05, 3.63) is 0 Å². The molecule has 0 atom stereocenters. The summed E-state index contributed by atoms with van der Waals surface area (Å²) >= 11 is 0. The highest BCUT2D eigenvalue weighted by Gasteiger charge is 2.01. The predicted octanol–water partition coefficient (Wildman–Crippen LogP) is -1.30. The molecule has 9 heteroatoms. The van der Waals surface area contributed by atoms with Crippen LogP contribution in [-0.4, -0.2) is 28.5 Å². The Morgan fingerprint density at radius 3 is 1.58 bits per heavy atom. The Kier molecular flexibility index (Phi) is 7.45. The molecule has 0 amide bonds. The zero-order valence-corrected chi connectivity index (χ0v) is 5.77. The lowest BCUT2D eigenvalue weighted by molar-refractivity contribution is 0.0802. The standard InChI is InChI=1S/C2H2O5.CH6N4/c3-1(4)7-2(5)6;2-1(3)5-4/h(H,3,4)(H,5,6);4H2,(H4,2,3,5). The fourth-order valence-electron chi connectivity index (χ4n) is 0.0747. The molecule has 0 aliphatic rings. The van der Waals surface area contributed by atoms with Gasteiger partial charge in [-0.25, -0.2) is 15.4 Å². The molecule has 0 bridgehead atoms. The van der Waals surface area contributed by atoms with Gasteiger partial charge in [-0.05, 0) is 0 Å². The molecule has 0 spiro atoms. The van der Waals surface area contributed by atoms with Crippen LogP contribution in [0.25, 0.3) is 0 Å². The number of carbonyl (C=O) groups is 2. The molecule has 0 aliphatic heterocycles. The number of hydrogen-bond acceptors (Lipinski definition) is 5. The van der Waals surface area contributed by atoms with E-state index >= 15 is 0 Å². The smallest absolute Gasteiger partial charge is 0.449 e. The van der Waals surface area contributed by atoms with Gasteiger partial charge in [-0.15, -0.1) is 0 Å². The quantitative estimate of drug-likeness (QED) is 0.0666. The van der Waals surface area contributed by atoms with Crippen molar-refractivity contribution in [1.29, 1.82) is 5.41 Å². The number of hydrogen-bond donors (Lipinski definition) is 6. The monoisotopic (exact) mass is 180 g/mol. The molecule has 12 heavy (non-hydrogen) atoms. The molecule has 8 N–H and O–H groups in total. The first kappa shape index (κ1) is 12.6. The number of ether oxygens (including phenoxy) is 1. The van der Waals surface area contributed by atoms with E-state index in [1.165, 1.54) is 0 Å². The maximum atomic E-state index is 9.21. The van der Waals surface area contributed by atoms with Gasteiger partial charge in [0, 0.05) is 0 Å². The van der Waals surface area contributed by atoms with Gasteiger partial charge in [0.2, 0.25) is 0 Å². The zero-order valence-electron chi connectivity index (χ0n) is 5.77. The lowest BCUT2D eigenvalue weighted by Gasteiger charge is -1.85. The van der Waals surface area contributed by atoms with Crippen molar-refractivity contribution in [2.75, 3.05) is 0 Å². The van der Waals surface area contributed by atoms with Gasteiger partial charge in [0.25, 0.3) is 0 Å². The van der Waals surface area contributed by atoms with Crippen LogP contribution in [0.2, 0.25) is 0 Å². The molecule has 0 unspecified atom stereocenters. The Labute approximate surface area is 66.4 Å². The fraction of sp³-hybridized carbons (Fsp3) is 0. The first-order valence-electron chi connectivity index (χ1n) is 2.34.